The van der Waals surface area contributed by atoms with E-state index in [-0.39, 0.29) is 18.6 Å². The molecule has 2 heterocycles. The molecule has 0 spiro atoms. The number of hydrogen-bond acceptors (Lipinski definition) is 5. The van der Waals surface area contributed by atoms with Crippen LogP contribution < -0.4 is 14.4 Å². The Hall–Kier alpha value is -2.57. The molecule has 0 bridgehead atoms. The maximum Gasteiger partial charge on any atom is 0.268 e. The normalized spacial score (nSPS) is 23.3. The number of rotatable bonds is 9. The highest BCUT2D eigenvalue weighted by Crippen LogP contribution is 2.40. The Morgan fingerprint density at radius 2 is 1.85 bits per heavy atom. The zero-order chi connectivity index (χ0) is 22.8. The number of aliphatic hydroxyl groups excluding tert-OH is 1. The molecule has 5 rings (SSSR count). The molecule has 1 saturated carbocycles. The molecule has 0 radical (unpaired) electrons. The lowest BCUT2D eigenvalue weighted by molar-refractivity contribution is -0.122. The van der Waals surface area contributed by atoms with Crippen LogP contribution in [0.3, 0.4) is 0 Å². The number of amides is 1. The lowest BCUT2D eigenvalue weighted by Gasteiger charge is -2.23. The lowest BCUT2D eigenvalue weighted by atomic mass is 10.1. The standard InChI is InChI=1S/C27H34N2O4/c1-19-17-22(8-11-25(19)32-16-15-28-13-2-3-23(28)18-30)29-14-12-26(27(29)31)33-24-9-6-21(7-10-24)20-4-5-20/h6-11,17,20,23,26,30H,2-5,12-16,18H2,1H3/t23-,26-/m0/s1. The summed E-state index contributed by atoms with van der Waals surface area (Å²) in [5, 5.41) is 9.46. The monoisotopic (exact) mass is 450 g/mol. The maximum atomic E-state index is 13.0. The molecule has 2 atom stereocenters. The summed E-state index contributed by atoms with van der Waals surface area (Å²) < 4.78 is 12.0. The van der Waals surface area contributed by atoms with Crippen molar-refractivity contribution < 1.29 is 19.4 Å². The number of benzene rings is 2. The van der Waals surface area contributed by atoms with E-state index in [0.717, 1.165) is 54.6 Å². The van der Waals surface area contributed by atoms with Crippen molar-refractivity contribution in [1.29, 1.82) is 0 Å². The van der Waals surface area contributed by atoms with Crippen molar-refractivity contribution in [2.45, 2.75) is 57.1 Å². The molecule has 2 saturated heterocycles. The van der Waals surface area contributed by atoms with Gasteiger partial charge in [-0.2, -0.15) is 0 Å². The van der Waals surface area contributed by atoms with E-state index in [9.17, 15) is 9.90 Å². The van der Waals surface area contributed by atoms with Crippen LogP contribution in [0.1, 0.15) is 49.1 Å². The second kappa shape index (κ2) is 9.74. The quantitative estimate of drug-likeness (QED) is 0.628. The van der Waals surface area contributed by atoms with Gasteiger partial charge in [-0.05, 0) is 86.5 Å². The highest BCUT2D eigenvalue weighted by molar-refractivity contribution is 5.99. The van der Waals surface area contributed by atoms with Gasteiger partial charge in [0.25, 0.3) is 5.91 Å². The van der Waals surface area contributed by atoms with Crippen LogP contribution in [0.15, 0.2) is 42.5 Å². The summed E-state index contributed by atoms with van der Waals surface area (Å²) in [4.78, 5) is 17.1. The fourth-order valence-electron chi connectivity index (χ4n) is 5.05. The Morgan fingerprint density at radius 1 is 1.03 bits per heavy atom. The molecule has 6 heteroatoms. The molecule has 3 aliphatic rings. The van der Waals surface area contributed by atoms with Gasteiger partial charge < -0.3 is 19.5 Å². The van der Waals surface area contributed by atoms with Crippen molar-refractivity contribution in [1.82, 2.24) is 4.90 Å². The summed E-state index contributed by atoms with van der Waals surface area (Å²) >= 11 is 0. The Balaban J connectivity index is 1.15. The molecule has 2 aliphatic heterocycles. The average molecular weight is 451 g/mol. The van der Waals surface area contributed by atoms with E-state index in [4.69, 9.17) is 9.47 Å². The summed E-state index contributed by atoms with van der Waals surface area (Å²) in [6.07, 6.45) is 5.00. The number of carbonyl (C=O) groups excluding carboxylic acids is 1. The van der Waals surface area contributed by atoms with E-state index in [1.54, 1.807) is 0 Å². The number of hydrogen-bond donors (Lipinski definition) is 1. The van der Waals surface area contributed by atoms with E-state index in [0.29, 0.717) is 19.6 Å². The van der Waals surface area contributed by atoms with Crippen molar-refractivity contribution in [2.24, 2.45) is 0 Å². The number of anilines is 1. The molecule has 0 aromatic heterocycles. The molecule has 176 valence electrons. The summed E-state index contributed by atoms with van der Waals surface area (Å²) in [5.41, 5.74) is 3.27. The molecule has 1 amide bonds. The molecular formula is C27H34N2O4. The van der Waals surface area contributed by atoms with Gasteiger partial charge in [-0.3, -0.25) is 9.69 Å². The second-order valence-corrected chi connectivity index (χ2v) is 9.54. The summed E-state index contributed by atoms with van der Waals surface area (Å²) in [5.74, 6) is 2.34. The van der Waals surface area contributed by atoms with Gasteiger partial charge >= 0.3 is 0 Å². The van der Waals surface area contributed by atoms with Crippen molar-refractivity contribution in [3.8, 4) is 11.5 Å². The van der Waals surface area contributed by atoms with Crippen LogP contribution in [0.4, 0.5) is 5.69 Å². The fourth-order valence-corrected chi connectivity index (χ4v) is 5.05. The van der Waals surface area contributed by atoms with Gasteiger partial charge in [0.1, 0.15) is 18.1 Å². The molecular weight excluding hydrogens is 416 g/mol. The number of aliphatic hydroxyl groups is 1. The van der Waals surface area contributed by atoms with Gasteiger partial charge in [0.2, 0.25) is 0 Å². The van der Waals surface area contributed by atoms with Gasteiger partial charge in [-0.15, -0.1) is 0 Å². The minimum absolute atomic E-state index is 0.0124. The van der Waals surface area contributed by atoms with E-state index < -0.39 is 6.10 Å². The van der Waals surface area contributed by atoms with Crippen LogP contribution in [0.25, 0.3) is 0 Å². The van der Waals surface area contributed by atoms with E-state index in [1.165, 1.54) is 18.4 Å². The first-order chi connectivity index (χ1) is 16.1. The highest BCUT2D eigenvalue weighted by Gasteiger charge is 2.34. The molecule has 1 N–H and O–H groups in total. The third kappa shape index (κ3) is 5.02. The van der Waals surface area contributed by atoms with Crippen molar-refractivity contribution in [2.75, 3.05) is 37.7 Å². The largest absolute Gasteiger partial charge is 0.492 e. The molecule has 2 aromatic carbocycles. The fraction of sp³-hybridized carbons (Fsp3) is 0.519. The number of carbonyl (C=O) groups is 1. The minimum atomic E-state index is -0.437. The first-order valence-electron chi connectivity index (χ1n) is 12.3. The minimum Gasteiger partial charge on any atom is -0.492 e. The molecule has 3 fully saturated rings. The van der Waals surface area contributed by atoms with Gasteiger partial charge in [0, 0.05) is 31.2 Å². The van der Waals surface area contributed by atoms with Crippen molar-refractivity contribution >= 4 is 11.6 Å². The van der Waals surface area contributed by atoms with Crippen LogP contribution >= 0.6 is 0 Å². The van der Waals surface area contributed by atoms with Crippen LogP contribution in [0, 0.1) is 6.92 Å². The molecule has 0 unspecified atom stereocenters. The third-order valence-corrected chi connectivity index (χ3v) is 7.18. The number of nitrogens with zero attached hydrogens (tertiary/aromatic N) is 2. The predicted molar refractivity (Wildman–Crippen MR) is 128 cm³/mol. The van der Waals surface area contributed by atoms with Gasteiger partial charge in [0.05, 0.1) is 6.61 Å². The Kier molecular flexibility index (Phi) is 6.56. The van der Waals surface area contributed by atoms with Crippen LogP contribution in [0.5, 0.6) is 11.5 Å². The summed E-state index contributed by atoms with van der Waals surface area (Å²) in [6, 6.07) is 14.4. The number of aryl methyl sites for hydroxylation is 1. The first-order valence-corrected chi connectivity index (χ1v) is 12.3. The summed E-state index contributed by atoms with van der Waals surface area (Å²) in [6.45, 7) is 5.32. The van der Waals surface area contributed by atoms with E-state index in [2.05, 4.69) is 17.0 Å². The maximum absolute atomic E-state index is 13.0. The van der Waals surface area contributed by atoms with Crippen LogP contribution in [-0.4, -0.2) is 60.9 Å². The summed E-state index contributed by atoms with van der Waals surface area (Å²) in [7, 11) is 0. The number of likely N-dealkylation sites (tertiary alicyclic amines) is 1. The zero-order valence-corrected chi connectivity index (χ0v) is 19.4. The number of ether oxygens (including phenoxy) is 2. The van der Waals surface area contributed by atoms with Crippen LogP contribution in [-0.2, 0) is 4.79 Å². The third-order valence-electron chi connectivity index (χ3n) is 7.18. The molecule has 6 nitrogen and oxygen atoms in total. The topological polar surface area (TPSA) is 62.2 Å². The Labute approximate surface area is 196 Å². The van der Waals surface area contributed by atoms with Gasteiger partial charge in [0.15, 0.2) is 6.10 Å². The smallest absolute Gasteiger partial charge is 0.268 e. The predicted octanol–water partition coefficient (Wildman–Crippen LogP) is 3.89. The van der Waals surface area contributed by atoms with E-state index >= 15 is 0 Å². The molecule has 33 heavy (non-hydrogen) atoms. The lowest BCUT2D eigenvalue weighted by Crippen LogP contribution is -2.35. The second-order valence-electron chi connectivity index (χ2n) is 9.54. The SMILES string of the molecule is Cc1cc(N2CC[C@H](Oc3ccc(C4CC4)cc3)C2=O)ccc1OCCN1CCC[C@H]1CO. The van der Waals surface area contributed by atoms with Gasteiger partial charge in [-0.1, -0.05) is 12.1 Å². The molecule has 2 aromatic rings. The zero-order valence-electron chi connectivity index (χ0n) is 19.4. The first kappa shape index (κ1) is 22.2. The van der Waals surface area contributed by atoms with Crippen molar-refractivity contribution in [3.05, 3.63) is 53.6 Å². The van der Waals surface area contributed by atoms with Crippen LogP contribution in [0.2, 0.25) is 0 Å². The van der Waals surface area contributed by atoms with Gasteiger partial charge in [-0.25, -0.2) is 0 Å². The molecule has 1 aliphatic carbocycles. The Morgan fingerprint density at radius 3 is 2.58 bits per heavy atom. The highest BCUT2D eigenvalue weighted by atomic mass is 16.5. The average Bonchev–Trinajstić information content (AvgIpc) is 3.48. The van der Waals surface area contributed by atoms with E-state index in [1.807, 2.05) is 42.2 Å². The Bertz CT molecular complexity index is 973. The van der Waals surface area contributed by atoms with Crippen molar-refractivity contribution in [3.63, 3.8) is 0 Å².